The van der Waals surface area contributed by atoms with E-state index in [-0.39, 0.29) is 23.7 Å². The second-order valence-electron chi connectivity index (χ2n) is 7.12. The van der Waals surface area contributed by atoms with Gasteiger partial charge in [-0.05, 0) is 29.8 Å². The molecule has 3 rings (SSSR count). The number of hydrogen-bond donors (Lipinski definition) is 0. The predicted octanol–water partition coefficient (Wildman–Crippen LogP) is 3.93. The van der Waals surface area contributed by atoms with Crippen LogP contribution in [0.25, 0.3) is 0 Å². The molecule has 1 heterocycles. The highest BCUT2D eigenvalue weighted by molar-refractivity contribution is 6.30. The number of amides is 1. The summed E-state index contributed by atoms with van der Waals surface area (Å²) in [7, 11) is 0. The predicted molar refractivity (Wildman–Crippen MR) is 110 cm³/mol. The maximum absolute atomic E-state index is 14.1. The number of carbonyl (C=O) groups is 2. The second kappa shape index (κ2) is 10.00. The number of ketones is 1. The zero-order valence-corrected chi connectivity index (χ0v) is 17.4. The van der Waals surface area contributed by atoms with Crippen LogP contribution in [0, 0.1) is 11.6 Å². The first-order chi connectivity index (χ1) is 14.4. The maximum atomic E-state index is 14.1. The van der Waals surface area contributed by atoms with Crippen LogP contribution < -0.4 is 4.74 Å². The standard InChI is InChI=1S/C22H23ClF2N2O3/c1-2-20(28)16-11-18(24)22(19(25)12-16)30-14-21(29)27-9-7-26(8-10-27)13-15-3-5-17(23)6-4-15/h3-6,11-12H,2,7-10,13-14H2,1H3. The van der Waals surface area contributed by atoms with Gasteiger partial charge in [-0.25, -0.2) is 8.78 Å². The highest BCUT2D eigenvalue weighted by Gasteiger charge is 2.23. The number of nitrogens with zero attached hydrogens (tertiary/aromatic N) is 2. The van der Waals surface area contributed by atoms with E-state index >= 15 is 0 Å². The quantitative estimate of drug-likeness (QED) is 0.617. The van der Waals surface area contributed by atoms with Crippen LogP contribution in [0.4, 0.5) is 8.78 Å². The highest BCUT2D eigenvalue weighted by atomic mass is 35.5. The van der Waals surface area contributed by atoms with Gasteiger partial charge < -0.3 is 9.64 Å². The van der Waals surface area contributed by atoms with E-state index in [1.165, 1.54) is 0 Å². The van der Waals surface area contributed by atoms with Crippen LogP contribution in [-0.2, 0) is 11.3 Å². The van der Waals surface area contributed by atoms with Gasteiger partial charge in [0.1, 0.15) is 0 Å². The fraction of sp³-hybridized carbons (Fsp3) is 0.364. The number of carbonyl (C=O) groups excluding carboxylic acids is 2. The lowest BCUT2D eigenvalue weighted by molar-refractivity contribution is -0.135. The van der Waals surface area contributed by atoms with E-state index in [4.69, 9.17) is 16.3 Å². The van der Waals surface area contributed by atoms with Crippen LogP contribution in [0.5, 0.6) is 5.75 Å². The Hall–Kier alpha value is -2.51. The van der Waals surface area contributed by atoms with E-state index < -0.39 is 24.0 Å². The summed E-state index contributed by atoms with van der Waals surface area (Å²) in [6, 6.07) is 9.49. The number of benzene rings is 2. The SMILES string of the molecule is CCC(=O)c1cc(F)c(OCC(=O)N2CCN(Cc3ccc(Cl)cc3)CC2)c(F)c1. The Morgan fingerprint density at radius 3 is 2.20 bits per heavy atom. The molecule has 0 spiro atoms. The molecule has 0 unspecified atom stereocenters. The van der Waals surface area contributed by atoms with Gasteiger partial charge in [0.25, 0.3) is 5.91 Å². The Kier molecular flexibility index (Phi) is 7.39. The van der Waals surface area contributed by atoms with Crippen molar-refractivity contribution in [1.29, 1.82) is 0 Å². The first-order valence-electron chi connectivity index (χ1n) is 9.77. The van der Waals surface area contributed by atoms with E-state index in [9.17, 15) is 18.4 Å². The molecule has 0 N–H and O–H groups in total. The molecule has 1 saturated heterocycles. The third-order valence-corrected chi connectivity index (χ3v) is 5.28. The molecule has 1 aliphatic heterocycles. The lowest BCUT2D eigenvalue weighted by Crippen LogP contribution is -2.49. The number of hydrogen-bond acceptors (Lipinski definition) is 4. The molecule has 0 radical (unpaired) electrons. The van der Waals surface area contributed by atoms with Crippen molar-refractivity contribution in [2.45, 2.75) is 19.9 Å². The summed E-state index contributed by atoms with van der Waals surface area (Å²) in [5.41, 5.74) is 1.08. The van der Waals surface area contributed by atoms with Gasteiger partial charge >= 0.3 is 0 Å². The van der Waals surface area contributed by atoms with Crippen molar-refractivity contribution < 1.29 is 23.1 Å². The Morgan fingerprint density at radius 1 is 1.03 bits per heavy atom. The number of ether oxygens (including phenoxy) is 1. The van der Waals surface area contributed by atoms with Crippen molar-refractivity contribution >= 4 is 23.3 Å². The maximum Gasteiger partial charge on any atom is 0.260 e. The first-order valence-corrected chi connectivity index (χ1v) is 10.1. The molecule has 2 aromatic rings. The molecule has 0 atom stereocenters. The molecule has 160 valence electrons. The molecule has 0 aromatic heterocycles. The average molecular weight is 437 g/mol. The summed E-state index contributed by atoms with van der Waals surface area (Å²) >= 11 is 5.90. The molecule has 30 heavy (non-hydrogen) atoms. The molecular weight excluding hydrogens is 414 g/mol. The van der Waals surface area contributed by atoms with Crippen LogP contribution in [0.1, 0.15) is 29.3 Å². The molecule has 1 aliphatic rings. The van der Waals surface area contributed by atoms with E-state index in [1.54, 1.807) is 11.8 Å². The summed E-state index contributed by atoms with van der Waals surface area (Å²) in [4.78, 5) is 27.8. The van der Waals surface area contributed by atoms with Crippen LogP contribution in [0.3, 0.4) is 0 Å². The van der Waals surface area contributed by atoms with Gasteiger partial charge in [-0.1, -0.05) is 30.7 Å². The number of piperazine rings is 1. The van der Waals surface area contributed by atoms with Crippen molar-refractivity contribution in [2.24, 2.45) is 0 Å². The third-order valence-electron chi connectivity index (χ3n) is 5.03. The van der Waals surface area contributed by atoms with Gasteiger partial charge in [0.05, 0.1) is 0 Å². The van der Waals surface area contributed by atoms with Crippen LogP contribution in [0.15, 0.2) is 36.4 Å². The fourth-order valence-corrected chi connectivity index (χ4v) is 3.42. The van der Waals surface area contributed by atoms with Crippen LogP contribution in [-0.4, -0.2) is 54.3 Å². The van der Waals surface area contributed by atoms with Gasteiger partial charge in [-0.2, -0.15) is 0 Å². The largest absolute Gasteiger partial charge is 0.478 e. The van der Waals surface area contributed by atoms with E-state index in [1.807, 2.05) is 24.3 Å². The average Bonchev–Trinajstić information content (AvgIpc) is 2.74. The van der Waals surface area contributed by atoms with Gasteiger partial charge in [0.15, 0.2) is 29.8 Å². The second-order valence-corrected chi connectivity index (χ2v) is 7.55. The van der Waals surface area contributed by atoms with Crippen LogP contribution >= 0.6 is 11.6 Å². The molecule has 5 nitrogen and oxygen atoms in total. The van der Waals surface area contributed by atoms with E-state index in [2.05, 4.69) is 4.90 Å². The molecule has 8 heteroatoms. The zero-order valence-electron chi connectivity index (χ0n) is 16.7. The minimum absolute atomic E-state index is 0.0528. The van der Waals surface area contributed by atoms with E-state index in [0.29, 0.717) is 31.2 Å². The van der Waals surface area contributed by atoms with Crippen LogP contribution in [0.2, 0.25) is 5.02 Å². The van der Waals surface area contributed by atoms with Gasteiger partial charge in [-0.15, -0.1) is 0 Å². The van der Waals surface area contributed by atoms with Crippen molar-refractivity contribution in [1.82, 2.24) is 9.80 Å². The van der Waals surface area contributed by atoms with Gasteiger partial charge in [0, 0.05) is 49.7 Å². The molecule has 0 bridgehead atoms. The molecule has 1 fully saturated rings. The lowest BCUT2D eigenvalue weighted by Gasteiger charge is -2.34. The smallest absolute Gasteiger partial charge is 0.260 e. The van der Waals surface area contributed by atoms with Crippen molar-refractivity contribution in [3.05, 3.63) is 64.2 Å². The summed E-state index contributed by atoms with van der Waals surface area (Å²) < 4.78 is 33.4. The molecular formula is C22H23ClF2N2O3. The zero-order chi connectivity index (χ0) is 21.7. The third kappa shape index (κ3) is 5.55. The minimum Gasteiger partial charge on any atom is -0.478 e. The number of Topliss-reactive ketones (excluding diaryl/α,β-unsaturated/α-hetero) is 1. The Labute approximate surface area is 179 Å². The normalized spacial score (nSPS) is 14.6. The monoisotopic (exact) mass is 436 g/mol. The molecule has 0 aliphatic carbocycles. The summed E-state index contributed by atoms with van der Waals surface area (Å²) in [6.45, 7) is 4.28. The molecule has 0 saturated carbocycles. The van der Waals surface area contributed by atoms with Gasteiger partial charge in [0.2, 0.25) is 0 Å². The Balaban J connectivity index is 1.50. The van der Waals surface area contributed by atoms with Crippen molar-refractivity contribution in [3.63, 3.8) is 0 Å². The fourth-order valence-electron chi connectivity index (χ4n) is 3.29. The minimum atomic E-state index is -0.993. The van der Waals surface area contributed by atoms with Crippen molar-refractivity contribution in [3.8, 4) is 5.75 Å². The van der Waals surface area contributed by atoms with E-state index in [0.717, 1.165) is 24.2 Å². The summed E-state index contributed by atoms with van der Waals surface area (Å²) in [6.07, 6.45) is 0.140. The summed E-state index contributed by atoms with van der Waals surface area (Å²) in [5, 5.41) is 0.689. The Bertz CT molecular complexity index is 890. The highest BCUT2D eigenvalue weighted by Crippen LogP contribution is 2.24. The molecule has 2 aromatic carbocycles. The number of halogens is 3. The lowest BCUT2D eigenvalue weighted by atomic mass is 10.1. The number of rotatable bonds is 7. The van der Waals surface area contributed by atoms with Gasteiger partial charge in [-0.3, -0.25) is 14.5 Å². The first kappa shape index (κ1) is 22.2. The topological polar surface area (TPSA) is 49.9 Å². The van der Waals surface area contributed by atoms with Crippen molar-refractivity contribution in [2.75, 3.05) is 32.8 Å². The summed E-state index contributed by atoms with van der Waals surface area (Å²) in [5.74, 6) is -3.34. The molecule has 1 amide bonds. The Morgan fingerprint density at radius 2 is 1.63 bits per heavy atom.